The molecule has 148 valence electrons. The van der Waals surface area contributed by atoms with Gasteiger partial charge >= 0.3 is 0 Å². The van der Waals surface area contributed by atoms with Crippen molar-refractivity contribution in [1.82, 2.24) is 30.0 Å². The van der Waals surface area contributed by atoms with E-state index in [0.717, 1.165) is 52.6 Å². The van der Waals surface area contributed by atoms with Gasteiger partial charge in [-0.25, -0.2) is 0 Å². The molecule has 0 bridgehead atoms. The van der Waals surface area contributed by atoms with Crippen LogP contribution < -0.4 is 10.1 Å². The first-order valence-electron chi connectivity index (χ1n) is 9.81. The highest BCUT2D eigenvalue weighted by Crippen LogP contribution is 2.35. The monoisotopic (exact) mass is 389 g/mol. The summed E-state index contributed by atoms with van der Waals surface area (Å²) in [5.74, 6) is 1.16. The lowest BCUT2D eigenvalue weighted by molar-refractivity contribution is 0.260. The van der Waals surface area contributed by atoms with Gasteiger partial charge in [-0.15, -0.1) is 0 Å². The van der Waals surface area contributed by atoms with Crippen molar-refractivity contribution in [3.63, 3.8) is 0 Å². The van der Waals surface area contributed by atoms with Crippen LogP contribution in [0.5, 0.6) is 5.88 Å². The van der Waals surface area contributed by atoms with E-state index in [4.69, 9.17) is 9.72 Å². The van der Waals surface area contributed by atoms with Crippen molar-refractivity contribution in [3.05, 3.63) is 36.7 Å². The number of benzene rings is 1. The van der Waals surface area contributed by atoms with Crippen molar-refractivity contribution in [3.8, 4) is 17.0 Å². The van der Waals surface area contributed by atoms with Crippen LogP contribution in [-0.4, -0.2) is 63.3 Å². The number of likely N-dealkylation sites (tertiary alicyclic amines) is 1. The third kappa shape index (κ3) is 3.36. The summed E-state index contributed by atoms with van der Waals surface area (Å²) in [6.07, 6.45) is 5.94. The van der Waals surface area contributed by atoms with Gasteiger partial charge in [0, 0.05) is 29.7 Å². The van der Waals surface area contributed by atoms with Crippen LogP contribution in [0.15, 0.2) is 36.7 Å². The fraction of sp³-hybridized carbons (Fsp3) is 0.333. The molecule has 29 heavy (non-hydrogen) atoms. The number of rotatable bonds is 4. The molecular weight excluding hydrogens is 366 g/mol. The predicted octanol–water partition coefficient (Wildman–Crippen LogP) is 3.08. The molecule has 0 unspecified atom stereocenters. The Morgan fingerprint density at radius 2 is 2.17 bits per heavy atom. The smallest absolute Gasteiger partial charge is 0.228 e. The van der Waals surface area contributed by atoms with Crippen LogP contribution in [0, 0.1) is 0 Å². The maximum Gasteiger partial charge on any atom is 0.228 e. The molecule has 1 aliphatic rings. The maximum absolute atomic E-state index is 5.64. The summed E-state index contributed by atoms with van der Waals surface area (Å²) in [6, 6.07) is 8.39. The van der Waals surface area contributed by atoms with Crippen molar-refractivity contribution in [2.24, 2.45) is 0 Å². The number of likely N-dealkylation sites (N-methyl/N-ethyl adjacent to an activating group) is 1. The van der Waals surface area contributed by atoms with Crippen LogP contribution in [0.3, 0.4) is 0 Å². The molecule has 0 radical (unpaired) electrons. The van der Waals surface area contributed by atoms with Crippen LogP contribution >= 0.6 is 0 Å². The molecule has 1 aromatic carbocycles. The second kappa shape index (κ2) is 7.29. The number of piperidine rings is 1. The van der Waals surface area contributed by atoms with Crippen molar-refractivity contribution < 1.29 is 4.74 Å². The Balaban J connectivity index is 1.54. The lowest BCUT2D eigenvalue weighted by Crippen LogP contribution is -2.40. The van der Waals surface area contributed by atoms with Gasteiger partial charge in [-0.1, -0.05) is 6.07 Å². The maximum atomic E-state index is 5.64. The third-order valence-corrected chi connectivity index (χ3v) is 5.47. The molecule has 0 saturated carbocycles. The molecule has 5 rings (SSSR count). The Bertz CT molecular complexity index is 1170. The molecule has 1 aliphatic heterocycles. The summed E-state index contributed by atoms with van der Waals surface area (Å²) in [5.41, 5.74) is 3.67. The number of methoxy groups -OCH3 is 1. The summed E-state index contributed by atoms with van der Waals surface area (Å²) in [5, 5.41) is 13.5. The molecule has 0 amide bonds. The van der Waals surface area contributed by atoms with E-state index >= 15 is 0 Å². The van der Waals surface area contributed by atoms with Gasteiger partial charge in [-0.2, -0.15) is 20.2 Å². The molecule has 3 aromatic heterocycles. The quantitative estimate of drug-likeness (QED) is 0.554. The van der Waals surface area contributed by atoms with Crippen LogP contribution in [0.1, 0.15) is 12.8 Å². The Morgan fingerprint density at radius 1 is 1.24 bits per heavy atom. The molecule has 1 fully saturated rings. The molecule has 4 heterocycles. The van der Waals surface area contributed by atoms with Crippen LogP contribution in [0.25, 0.3) is 33.1 Å². The van der Waals surface area contributed by atoms with Crippen LogP contribution in [0.4, 0.5) is 5.95 Å². The first kappa shape index (κ1) is 17.8. The van der Waals surface area contributed by atoms with Crippen molar-refractivity contribution in [1.29, 1.82) is 0 Å². The van der Waals surface area contributed by atoms with E-state index in [1.54, 1.807) is 13.3 Å². The van der Waals surface area contributed by atoms with Gasteiger partial charge < -0.3 is 19.9 Å². The number of nitrogens with zero attached hydrogens (tertiary/aromatic N) is 5. The number of hydrogen-bond donors (Lipinski definition) is 2. The van der Waals surface area contributed by atoms with E-state index < -0.39 is 0 Å². The van der Waals surface area contributed by atoms with Crippen molar-refractivity contribution >= 4 is 27.9 Å². The van der Waals surface area contributed by atoms with Gasteiger partial charge in [0.1, 0.15) is 5.65 Å². The minimum atomic E-state index is 0.340. The molecule has 4 aromatic rings. The number of H-pyrrole nitrogens is 1. The fourth-order valence-electron chi connectivity index (χ4n) is 4.06. The van der Waals surface area contributed by atoms with E-state index in [0.29, 0.717) is 17.9 Å². The van der Waals surface area contributed by atoms with Gasteiger partial charge in [-0.3, -0.25) is 0 Å². The Labute approximate surface area is 168 Å². The highest BCUT2D eigenvalue weighted by molar-refractivity contribution is 5.99. The van der Waals surface area contributed by atoms with Gasteiger partial charge in [0.15, 0.2) is 0 Å². The minimum absolute atomic E-state index is 0.340. The zero-order chi connectivity index (χ0) is 19.8. The minimum Gasteiger partial charge on any atom is -0.480 e. The SMILES string of the molecule is COc1nc(N[C@H]2CCCN(C)C2)nc2[nH]cc(-c3ccc4nnccc4c3)c12. The number of aromatic amines is 1. The van der Waals surface area contributed by atoms with Gasteiger partial charge in [-0.05, 0) is 50.2 Å². The Morgan fingerprint density at radius 3 is 3.03 bits per heavy atom. The standard InChI is InChI=1S/C21H23N7O/c1-28-9-3-4-15(12-28)24-21-25-19-18(20(26-21)29-2)16(11-22-19)13-5-6-17-14(10-13)7-8-23-27-17/h5-8,10-11,15H,3-4,9,12H2,1-2H3,(H2,22,24,25,26)/t15-/m0/s1. The summed E-state index contributed by atoms with van der Waals surface area (Å²) in [7, 11) is 3.79. The number of hydrogen-bond acceptors (Lipinski definition) is 7. The predicted molar refractivity (Wildman–Crippen MR) is 113 cm³/mol. The lowest BCUT2D eigenvalue weighted by atomic mass is 10.0. The number of ether oxygens (including phenoxy) is 1. The molecule has 1 saturated heterocycles. The summed E-state index contributed by atoms with van der Waals surface area (Å²) < 4.78 is 5.64. The summed E-state index contributed by atoms with van der Waals surface area (Å²) >= 11 is 0. The first-order valence-corrected chi connectivity index (χ1v) is 9.81. The van der Waals surface area contributed by atoms with Crippen molar-refractivity contribution in [2.45, 2.75) is 18.9 Å². The van der Waals surface area contributed by atoms with Gasteiger partial charge in [0.05, 0.1) is 24.2 Å². The zero-order valence-electron chi connectivity index (χ0n) is 16.5. The van der Waals surface area contributed by atoms with E-state index in [9.17, 15) is 0 Å². The van der Waals surface area contributed by atoms with E-state index in [1.807, 2.05) is 24.4 Å². The number of aromatic nitrogens is 5. The molecule has 0 aliphatic carbocycles. The van der Waals surface area contributed by atoms with E-state index in [1.165, 1.54) is 6.42 Å². The fourth-order valence-corrected chi connectivity index (χ4v) is 4.06. The molecule has 8 heteroatoms. The van der Waals surface area contributed by atoms with E-state index in [-0.39, 0.29) is 0 Å². The van der Waals surface area contributed by atoms with Crippen LogP contribution in [0.2, 0.25) is 0 Å². The normalized spacial score (nSPS) is 17.7. The average Bonchev–Trinajstić information content (AvgIpc) is 3.17. The zero-order valence-corrected chi connectivity index (χ0v) is 16.5. The first-order chi connectivity index (χ1) is 14.2. The molecule has 8 nitrogen and oxygen atoms in total. The highest BCUT2D eigenvalue weighted by Gasteiger charge is 2.20. The second-order valence-corrected chi connectivity index (χ2v) is 7.53. The van der Waals surface area contributed by atoms with Gasteiger partial charge in [0.2, 0.25) is 11.8 Å². The number of fused-ring (bicyclic) bond motifs is 2. The largest absolute Gasteiger partial charge is 0.480 e. The average molecular weight is 389 g/mol. The second-order valence-electron chi connectivity index (χ2n) is 7.53. The summed E-state index contributed by atoms with van der Waals surface area (Å²) in [6.45, 7) is 2.12. The third-order valence-electron chi connectivity index (χ3n) is 5.47. The topological polar surface area (TPSA) is 91.8 Å². The highest BCUT2D eigenvalue weighted by atomic mass is 16.5. The number of anilines is 1. The Hall–Kier alpha value is -3.26. The lowest BCUT2D eigenvalue weighted by Gasteiger charge is -2.30. The van der Waals surface area contributed by atoms with Crippen LogP contribution in [-0.2, 0) is 0 Å². The molecular formula is C21H23N7O. The molecule has 1 atom stereocenters. The number of nitrogens with one attached hydrogen (secondary N) is 2. The van der Waals surface area contributed by atoms with Gasteiger partial charge in [0.25, 0.3) is 0 Å². The molecule has 2 N–H and O–H groups in total. The molecule has 0 spiro atoms. The van der Waals surface area contributed by atoms with E-state index in [2.05, 4.69) is 43.5 Å². The Kier molecular flexibility index (Phi) is 4.48. The summed E-state index contributed by atoms with van der Waals surface area (Å²) in [4.78, 5) is 15.0. The van der Waals surface area contributed by atoms with Crippen molar-refractivity contribution in [2.75, 3.05) is 32.6 Å².